The zero-order valence-corrected chi connectivity index (χ0v) is 12.1. The summed E-state index contributed by atoms with van der Waals surface area (Å²) in [6, 6.07) is 3.34. The molecule has 0 aliphatic rings. The number of rotatable bonds is 7. The number of carbonyl (C=O) groups is 1. The van der Waals surface area contributed by atoms with Crippen LogP contribution in [0.4, 0.5) is 0 Å². The predicted molar refractivity (Wildman–Crippen MR) is 73.4 cm³/mol. The maximum absolute atomic E-state index is 11.7. The highest BCUT2D eigenvalue weighted by Gasteiger charge is 2.14. The third kappa shape index (κ3) is 4.42. The molecule has 1 atom stereocenters. The fourth-order valence-electron chi connectivity index (χ4n) is 1.70. The van der Waals surface area contributed by atoms with E-state index in [9.17, 15) is 9.90 Å². The number of nitrogens with one attached hydrogen (secondary N) is 1. The number of amides is 1. The summed E-state index contributed by atoms with van der Waals surface area (Å²) in [5.41, 5.74) is 0. The number of aliphatic hydroxyl groups is 1. The van der Waals surface area contributed by atoms with Crippen LogP contribution in [0.2, 0.25) is 0 Å². The van der Waals surface area contributed by atoms with E-state index in [4.69, 9.17) is 8.94 Å². The summed E-state index contributed by atoms with van der Waals surface area (Å²) in [6.45, 7) is 4.04. The Balaban J connectivity index is 1.72. The Morgan fingerprint density at radius 1 is 1.48 bits per heavy atom. The van der Waals surface area contributed by atoms with Crippen LogP contribution in [0.5, 0.6) is 0 Å². The fraction of sp³-hybridized carbons (Fsp3) is 0.500. The van der Waals surface area contributed by atoms with E-state index >= 15 is 0 Å². The van der Waals surface area contributed by atoms with Gasteiger partial charge in [-0.05, 0) is 12.1 Å². The molecule has 1 amide bonds. The average Bonchev–Trinajstić information content (AvgIpc) is 3.13. The predicted octanol–water partition coefficient (Wildman–Crippen LogP) is 1.57. The molecule has 2 aromatic heterocycles. The number of carbonyl (C=O) groups excluding carboxylic acids is 1. The van der Waals surface area contributed by atoms with Gasteiger partial charge in [0.15, 0.2) is 5.82 Å². The molecule has 7 heteroatoms. The van der Waals surface area contributed by atoms with Crippen molar-refractivity contribution in [1.82, 2.24) is 15.5 Å². The highest BCUT2D eigenvalue weighted by Crippen LogP contribution is 2.12. The molecule has 0 unspecified atom stereocenters. The van der Waals surface area contributed by atoms with Gasteiger partial charge in [-0.1, -0.05) is 19.0 Å². The summed E-state index contributed by atoms with van der Waals surface area (Å²) < 4.78 is 10.1. The quantitative estimate of drug-likeness (QED) is 0.803. The van der Waals surface area contributed by atoms with Crippen molar-refractivity contribution in [3.63, 3.8) is 0 Å². The van der Waals surface area contributed by atoms with Crippen LogP contribution in [0.15, 0.2) is 27.3 Å². The van der Waals surface area contributed by atoms with Gasteiger partial charge >= 0.3 is 0 Å². The van der Waals surface area contributed by atoms with Crippen molar-refractivity contribution in [1.29, 1.82) is 0 Å². The van der Waals surface area contributed by atoms with Crippen molar-refractivity contribution in [2.75, 3.05) is 6.54 Å². The molecule has 21 heavy (non-hydrogen) atoms. The minimum Gasteiger partial charge on any atom is -0.467 e. The molecule has 0 aromatic carbocycles. The molecule has 0 saturated heterocycles. The smallest absolute Gasteiger partial charge is 0.227 e. The van der Waals surface area contributed by atoms with Gasteiger partial charge in [0.1, 0.15) is 11.9 Å². The van der Waals surface area contributed by atoms with E-state index < -0.39 is 6.10 Å². The molecule has 0 radical (unpaired) electrons. The summed E-state index contributed by atoms with van der Waals surface area (Å²) in [6.07, 6.45) is 1.23. The molecule has 0 saturated carbocycles. The van der Waals surface area contributed by atoms with Gasteiger partial charge in [0.25, 0.3) is 0 Å². The SMILES string of the molecule is CC(C)c1noc(CCC(=O)NC[C@H](O)c2ccco2)n1. The summed E-state index contributed by atoms with van der Waals surface area (Å²) >= 11 is 0. The monoisotopic (exact) mass is 293 g/mol. The first-order valence-electron chi connectivity index (χ1n) is 6.87. The minimum absolute atomic E-state index is 0.105. The van der Waals surface area contributed by atoms with E-state index in [0.29, 0.717) is 23.9 Å². The van der Waals surface area contributed by atoms with Gasteiger partial charge in [0.05, 0.1) is 12.8 Å². The number of hydrogen-bond donors (Lipinski definition) is 2. The average molecular weight is 293 g/mol. The number of aromatic nitrogens is 2. The first kappa shape index (κ1) is 15.2. The summed E-state index contributed by atoms with van der Waals surface area (Å²) in [7, 11) is 0. The number of aliphatic hydroxyl groups excluding tert-OH is 1. The summed E-state index contributed by atoms with van der Waals surface area (Å²) in [5, 5.41) is 16.2. The fourth-order valence-corrected chi connectivity index (χ4v) is 1.70. The number of furan rings is 1. The van der Waals surface area contributed by atoms with Gasteiger partial charge in [-0.3, -0.25) is 4.79 Å². The molecule has 2 aromatic rings. The largest absolute Gasteiger partial charge is 0.467 e. The lowest BCUT2D eigenvalue weighted by Gasteiger charge is -2.08. The van der Waals surface area contributed by atoms with Crippen LogP contribution in [0.1, 0.15) is 49.8 Å². The van der Waals surface area contributed by atoms with Crippen LogP contribution >= 0.6 is 0 Å². The van der Waals surface area contributed by atoms with Gasteiger partial charge in [-0.25, -0.2) is 0 Å². The van der Waals surface area contributed by atoms with Gasteiger partial charge in [-0.15, -0.1) is 0 Å². The topological polar surface area (TPSA) is 101 Å². The number of hydrogen-bond acceptors (Lipinski definition) is 6. The van der Waals surface area contributed by atoms with E-state index in [1.807, 2.05) is 13.8 Å². The molecule has 0 aliphatic carbocycles. The van der Waals surface area contributed by atoms with Crippen LogP contribution < -0.4 is 5.32 Å². The maximum Gasteiger partial charge on any atom is 0.227 e. The van der Waals surface area contributed by atoms with E-state index in [1.165, 1.54) is 6.26 Å². The molecule has 0 fully saturated rings. The van der Waals surface area contributed by atoms with E-state index in [0.717, 1.165) is 0 Å². The van der Waals surface area contributed by atoms with Crippen molar-refractivity contribution in [3.8, 4) is 0 Å². The van der Waals surface area contributed by atoms with Gasteiger partial charge in [-0.2, -0.15) is 4.98 Å². The van der Waals surface area contributed by atoms with Crippen molar-refractivity contribution < 1.29 is 18.8 Å². The molecule has 2 rings (SSSR count). The maximum atomic E-state index is 11.7. The van der Waals surface area contributed by atoms with Crippen molar-refractivity contribution in [3.05, 3.63) is 35.9 Å². The molecular weight excluding hydrogens is 274 g/mol. The Bertz CT molecular complexity index is 563. The Hall–Kier alpha value is -2.15. The van der Waals surface area contributed by atoms with Crippen LogP contribution in [0.25, 0.3) is 0 Å². The second kappa shape index (κ2) is 7.03. The standard InChI is InChI=1S/C14H19N3O4/c1-9(2)14-16-13(21-17-14)6-5-12(19)15-8-10(18)11-4-3-7-20-11/h3-4,7,9-10,18H,5-6,8H2,1-2H3,(H,15,19)/t10-/m0/s1. The molecule has 0 aliphatic heterocycles. The van der Waals surface area contributed by atoms with E-state index in [-0.39, 0.29) is 24.8 Å². The zero-order valence-electron chi connectivity index (χ0n) is 12.1. The Morgan fingerprint density at radius 2 is 2.29 bits per heavy atom. The van der Waals surface area contributed by atoms with Gasteiger partial charge in [0.2, 0.25) is 11.8 Å². The van der Waals surface area contributed by atoms with Crippen molar-refractivity contribution in [2.24, 2.45) is 0 Å². The lowest BCUT2D eigenvalue weighted by molar-refractivity contribution is -0.121. The highest BCUT2D eigenvalue weighted by atomic mass is 16.5. The lowest BCUT2D eigenvalue weighted by atomic mass is 10.2. The Morgan fingerprint density at radius 3 is 2.90 bits per heavy atom. The van der Waals surface area contributed by atoms with Crippen LogP contribution in [0.3, 0.4) is 0 Å². The summed E-state index contributed by atoms with van der Waals surface area (Å²) in [4.78, 5) is 15.9. The number of aryl methyl sites for hydroxylation is 1. The highest BCUT2D eigenvalue weighted by molar-refractivity contribution is 5.76. The van der Waals surface area contributed by atoms with Crippen LogP contribution in [-0.2, 0) is 11.2 Å². The molecule has 2 N–H and O–H groups in total. The number of nitrogens with zero attached hydrogens (tertiary/aromatic N) is 2. The van der Waals surface area contributed by atoms with E-state index in [1.54, 1.807) is 12.1 Å². The normalized spacial score (nSPS) is 12.6. The second-order valence-corrected chi connectivity index (χ2v) is 5.04. The van der Waals surface area contributed by atoms with Gasteiger partial charge < -0.3 is 19.4 Å². The molecular formula is C14H19N3O4. The first-order valence-corrected chi connectivity index (χ1v) is 6.87. The zero-order chi connectivity index (χ0) is 15.2. The minimum atomic E-state index is -0.847. The molecule has 2 heterocycles. The van der Waals surface area contributed by atoms with Crippen molar-refractivity contribution in [2.45, 2.75) is 38.7 Å². The molecule has 7 nitrogen and oxygen atoms in total. The van der Waals surface area contributed by atoms with Crippen LogP contribution in [0, 0.1) is 0 Å². The third-order valence-electron chi connectivity index (χ3n) is 2.93. The molecule has 0 bridgehead atoms. The summed E-state index contributed by atoms with van der Waals surface area (Å²) in [5.74, 6) is 1.51. The molecule has 0 spiro atoms. The molecule has 114 valence electrons. The Kier molecular flexibility index (Phi) is 5.10. The van der Waals surface area contributed by atoms with E-state index in [2.05, 4.69) is 15.5 Å². The Labute approximate surface area is 122 Å². The first-order chi connectivity index (χ1) is 10.1. The lowest BCUT2D eigenvalue weighted by Crippen LogP contribution is -2.28. The van der Waals surface area contributed by atoms with Crippen LogP contribution in [-0.4, -0.2) is 27.7 Å². The van der Waals surface area contributed by atoms with Gasteiger partial charge in [0, 0.05) is 18.8 Å². The van der Waals surface area contributed by atoms with Crippen molar-refractivity contribution >= 4 is 5.91 Å². The second-order valence-electron chi connectivity index (χ2n) is 5.04. The third-order valence-corrected chi connectivity index (χ3v) is 2.93.